The van der Waals surface area contributed by atoms with Gasteiger partial charge in [-0.1, -0.05) is 23.2 Å². The standard InChI is InChI=1S/C10H14Cl2N2O4S/c1-18-5-7(4-15)14-19(16,17)10-8(11)2-6(13)3-9(10)12/h2-3,7,14-15H,4-5,13H2,1H3. The number of benzene rings is 1. The highest BCUT2D eigenvalue weighted by Gasteiger charge is 2.25. The zero-order chi connectivity index (χ0) is 14.6. The van der Waals surface area contributed by atoms with Crippen LogP contribution in [0.2, 0.25) is 10.0 Å². The fourth-order valence-corrected chi connectivity index (χ4v) is 3.88. The molecular weight excluding hydrogens is 315 g/mol. The predicted octanol–water partition coefficient (Wildman–Crippen LogP) is 0.861. The molecule has 19 heavy (non-hydrogen) atoms. The summed E-state index contributed by atoms with van der Waals surface area (Å²) < 4.78 is 31.3. The van der Waals surface area contributed by atoms with Gasteiger partial charge in [0, 0.05) is 12.8 Å². The highest BCUT2D eigenvalue weighted by molar-refractivity contribution is 7.89. The summed E-state index contributed by atoms with van der Waals surface area (Å²) in [7, 11) is -2.59. The van der Waals surface area contributed by atoms with Gasteiger partial charge in [0.1, 0.15) is 4.90 Å². The number of hydrogen-bond acceptors (Lipinski definition) is 5. The van der Waals surface area contributed by atoms with Crippen LogP contribution in [0.4, 0.5) is 5.69 Å². The number of halogens is 2. The van der Waals surface area contributed by atoms with Crippen LogP contribution in [0.25, 0.3) is 0 Å². The molecule has 1 rings (SSSR count). The molecule has 0 aliphatic carbocycles. The summed E-state index contributed by atoms with van der Waals surface area (Å²) in [6, 6.07) is 1.78. The average Bonchev–Trinajstić information content (AvgIpc) is 2.25. The molecule has 4 N–H and O–H groups in total. The molecule has 0 spiro atoms. The third kappa shape index (κ3) is 4.20. The SMILES string of the molecule is COCC(CO)NS(=O)(=O)c1c(Cl)cc(N)cc1Cl. The van der Waals surface area contributed by atoms with Crippen molar-refractivity contribution < 1.29 is 18.3 Å². The van der Waals surface area contributed by atoms with Crippen LogP contribution in [0.5, 0.6) is 0 Å². The van der Waals surface area contributed by atoms with E-state index in [0.717, 1.165) is 0 Å². The molecule has 6 nitrogen and oxygen atoms in total. The number of aliphatic hydroxyl groups excluding tert-OH is 1. The van der Waals surface area contributed by atoms with Gasteiger partial charge in [0.25, 0.3) is 0 Å². The van der Waals surface area contributed by atoms with E-state index in [1.165, 1.54) is 19.2 Å². The number of aliphatic hydroxyl groups is 1. The summed E-state index contributed by atoms with van der Waals surface area (Å²) in [5, 5.41) is 8.87. The van der Waals surface area contributed by atoms with Crippen molar-refractivity contribution in [2.45, 2.75) is 10.9 Å². The van der Waals surface area contributed by atoms with E-state index in [2.05, 4.69) is 4.72 Å². The molecule has 0 aliphatic rings. The van der Waals surface area contributed by atoms with Crippen LogP contribution in [0.3, 0.4) is 0 Å². The Hall–Kier alpha value is -0.570. The normalized spacial score (nSPS) is 13.5. The minimum atomic E-state index is -3.98. The van der Waals surface area contributed by atoms with Crippen LogP contribution in [0.1, 0.15) is 0 Å². The van der Waals surface area contributed by atoms with Gasteiger partial charge in [-0.05, 0) is 12.1 Å². The van der Waals surface area contributed by atoms with Crippen molar-refractivity contribution in [2.75, 3.05) is 26.1 Å². The van der Waals surface area contributed by atoms with E-state index in [1.54, 1.807) is 0 Å². The first-order valence-corrected chi connectivity index (χ1v) is 7.42. The van der Waals surface area contributed by atoms with E-state index in [9.17, 15) is 8.42 Å². The largest absolute Gasteiger partial charge is 0.399 e. The summed E-state index contributed by atoms with van der Waals surface area (Å²) >= 11 is 11.7. The maximum absolute atomic E-state index is 12.1. The summed E-state index contributed by atoms with van der Waals surface area (Å²) in [6.45, 7) is -0.406. The van der Waals surface area contributed by atoms with Crippen molar-refractivity contribution in [1.82, 2.24) is 4.72 Å². The van der Waals surface area contributed by atoms with Crippen LogP contribution >= 0.6 is 23.2 Å². The van der Waals surface area contributed by atoms with Gasteiger partial charge in [-0.15, -0.1) is 0 Å². The number of rotatable bonds is 6. The third-order valence-corrected chi connectivity index (χ3v) is 4.64. The minimum absolute atomic E-state index is 0.0138. The number of nitrogens with one attached hydrogen (secondary N) is 1. The Morgan fingerprint density at radius 1 is 1.42 bits per heavy atom. The molecule has 9 heteroatoms. The lowest BCUT2D eigenvalue weighted by atomic mass is 10.3. The lowest BCUT2D eigenvalue weighted by Crippen LogP contribution is -2.40. The predicted molar refractivity (Wildman–Crippen MR) is 73.9 cm³/mol. The summed E-state index contributed by atoms with van der Waals surface area (Å²) in [5.74, 6) is 0. The smallest absolute Gasteiger partial charge is 0.243 e. The van der Waals surface area contributed by atoms with E-state index < -0.39 is 22.7 Å². The van der Waals surface area contributed by atoms with Gasteiger partial charge in [-0.25, -0.2) is 13.1 Å². The second kappa shape index (κ2) is 6.74. The summed E-state index contributed by atoms with van der Waals surface area (Å²) in [4.78, 5) is -0.278. The second-order valence-corrected chi connectivity index (χ2v) is 6.24. The van der Waals surface area contributed by atoms with Crippen molar-refractivity contribution in [3.8, 4) is 0 Å². The number of nitrogens with two attached hydrogens (primary N) is 1. The monoisotopic (exact) mass is 328 g/mol. The number of anilines is 1. The summed E-state index contributed by atoms with van der Waals surface area (Å²) in [5.41, 5.74) is 5.76. The molecule has 108 valence electrons. The maximum Gasteiger partial charge on any atom is 0.243 e. The molecule has 0 saturated carbocycles. The lowest BCUT2D eigenvalue weighted by molar-refractivity contribution is 0.139. The first kappa shape index (κ1) is 16.5. The van der Waals surface area contributed by atoms with Crippen LogP contribution in [0, 0.1) is 0 Å². The first-order valence-electron chi connectivity index (χ1n) is 5.18. The fourth-order valence-electron chi connectivity index (χ4n) is 1.44. The van der Waals surface area contributed by atoms with Gasteiger partial charge in [0.05, 0.1) is 29.3 Å². The average molecular weight is 329 g/mol. The van der Waals surface area contributed by atoms with E-state index >= 15 is 0 Å². The third-order valence-electron chi connectivity index (χ3n) is 2.20. The van der Waals surface area contributed by atoms with Gasteiger partial charge in [-0.2, -0.15) is 0 Å². The topological polar surface area (TPSA) is 102 Å². The highest BCUT2D eigenvalue weighted by atomic mass is 35.5. The Morgan fingerprint density at radius 3 is 2.37 bits per heavy atom. The van der Waals surface area contributed by atoms with E-state index in [1.807, 2.05) is 0 Å². The molecule has 0 heterocycles. The van der Waals surface area contributed by atoms with Crippen LogP contribution in [0.15, 0.2) is 17.0 Å². The molecule has 1 aromatic rings. The molecule has 0 aliphatic heterocycles. The van der Waals surface area contributed by atoms with Crippen molar-refractivity contribution in [1.29, 1.82) is 0 Å². The van der Waals surface area contributed by atoms with Crippen molar-refractivity contribution in [2.24, 2.45) is 0 Å². The van der Waals surface area contributed by atoms with Gasteiger partial charge in [0.2, 0.25) is 10.0 Å². The van der Waals surface area contributed by atoms with E-state index in [-0.39, 0.29) is 27.2 Å². The van der Waals surface area contributed by atoms with Crippen LogP contribution in [-0.2, 0) is 14.8 Å². The van der Waals surface area contributed by atoms with Crippen LogP contribution in [-0.4, -0.2) is 39.9 Å². The fraction of sp³-hybridized carbons (Fsp3) is 0.400. The number of hydrogen-bond donors (Lipinski definition) is 3. The van der Waals surface area contributed by atoms with Gasteiger partial charge in [0.15, 0.2) is 0 Å². The molecule has 0 fully saturated rings. The minimum Gasteiger partial charge on any atom is -0.399 e. The zero-order valence-electron chi connectivity index (χ0n) is 10.1. The highest BCUT2D eigenvalue weighted by Crippen LogP contribution is 2.31. The Morgan fingerprint density at radius 2 is 1.95 bits per heavy atom. The number of nitrogen functional groups attached to an aromatic ring is 1. The maximum atomic E-state index is 12.1. The Bertz CT molecular complexity index is 527. The van der Waals surface area contributed by atoms with Gasteiger partial charge < -0.3 is 15.6 Å². The number of methoxy groups -OCH3 is 1. The van der Waals surface area contributed by atoms with Gasteiger partial charge in [-0.3, -0.25) is 0 Å². The Kier molecular flexibility index (Phi) is 5.84. The van der Waals surface area contributed by atoms with Gasteiger partial charge >= 0.3 is 0 Å². The van der Waals surface area contributed by atoms with Crippen molar-refractivity contribution >= 4 is 38.9 Å². The number of sulfonamides is 1. The lowest BCUT2D eigenvalue weighted by Gasteiger charge is -2.17. The summed E-state index contributed by atoms with van der Waals surface area (Å²) in [6.07, 6.45) is 0. The quantitative estimate of drug-likeness (QED) is 0.672. The molecule has 0 aromatic heterocycles. The van der Waals surface area contributed by atoms with Crippen molar-refractivity contribution in [3.63, 3.8) is 0 Å². The van der Waals surface area contributed by atoms with Crippen molar-refractivity contribution in [3.05, 3.63) is 22.2 Å². The number of ether oxygens (including phenoxy) is 1. The molecule has 0 saturated heterocycles. The Labute approximate surface area is 121 Å². The second-order valence-electron chi connectivity index (χ2n) is 3.77. The molecule has 1 unspecified atom stereocenters. The molecule has 1 aromatic carbocycles. The van der Waals surface area contributed by atoms with E-state index in [0.29, 0.717) is 0 Å². The molecule has 0 radical (unpaired) electrons. The zero-order valence-corrected chi connectivity index (χ0v) is 12.4. The first-order chi connectivity index (χ1) is 8.81. The molecule has 0 amide bonds. The molecule has 0 bridgehead atoms. The molecule has 1 atom stereocenters. The van der Waals surface area contributed by atoms with Crippen LogP contribution < -0.4 is 10.5 Å². The van der Waals surface area contributed by atoms with E-state index in [4.69, 9.17) is 38.8 Å². The molecular formula is C10H14Cl2N2O4S. The Balaban J connectivity index is 3.14.